The molecule has 8 rings (SSSR count). The van der Waals surface area contributed by atoms with Crippen LogP contribution in [0.25, 0.3) is 76.5 Å². The molecule has 1 aromatic heterocycles. The number of hydrogen-bond acceptors (Lipinski definition) is 1. The molecule has 0 bridgehead atoms. The zero-order chi connectivity index (χ0) is 31.1. The van der Waals surface area contributed by atoms with Crippen LogP contribution in [0, 0.1) is 0 Å². The molecule has 45 heavy (non-hydrogen) atoms. The minimum absolute atomic E-state index is 0.00371. The van der Waals surface area contributed by atoms with Gasteiger partial charge in [-0.3, -0.25) is 0 Å². The predicted molar refractivity (Wildman–Crippen MR) is 195 cm³/mol. The van der Waals surface area contributed by atoms with Crippen molar-refractivity contribution in [3.63, 3.8) is 0 Å². The number of hydrogen-bond donors (Lipinski definition) is 0. The molecule has 0 aliphatic rings. The van der Waals surface area contributed by atoms with Gasteiger partial charge in [-0.2, -0.15) is 0 Å². The van der Waals surface area contributed by atoms with Crippen molar-refractivity contribution in [2.24, 2.45) is 0 Å². The molecule has 1 heterocycles. The van der Waals surface area contributed by atoms with Gasteiger partial charge in [0.05, 0.1) is 0 Å². The van der Waals surface area contributed by atoms with E-state index in [9.17, 15) is 0 Å². The summed E-state index contributed by atoms with van der Waals surface area (Å²) in [6, 6.07) is 44.4. The lowest BCUT2D eigenvalue weighted by Gasteiger charge is -2.30. The minimum Gasteiger partial charge on any atom is -0.455 e. The van der Waals surface area contributed by atoms with Crippen LogP contribution >= 0.6 is 0 Å². The van der Waals surface area contributed by atoms with Crippen LogP contribution in [0.4, 0.5) is 0 Å². The lowest BCUT2D eigenvalue weighted by atomic mass is 9.73. The van der Waals surface area contributed by atoms with Gasteiger partial charge in [-0.1, -0.05) is 139 Å². The third-order valence-electron chi connectivity index (χ3n) is 9.40. The van der Waals surface area contributed by atoms with Gasteiger partial charge >= 0.3 is 0 Å². The number of furan rings is 1. The molecule has 0 saturated carbocycles. The minimum atomic E-state index is -0.0211. The van der Waals surface area contributed by atoms with Crippen molar-refractivity contribution in [1.29, 1.82) is 0 Å². The van der Waals surface area contributed by atoms with Gasteiger partial charge in [-0.05, 0) is 95.2 Å². The van der Waals surface area contributed by atoms with Crippen molar-refractivity contribution >= 4 is 54.3 Å². The summed E-state index contributed by atoms with van der Waals surface area (Å²) >= 11 is 0. The Hall–Kier alpha value is -4.88. The first kappa shape index (κ1) is 27.7. The van der Waals surface area contributed by atoms with Gasteiger partial charge in [0.2, 0.25) is 0 Å². The fourth-order valence-electron chi connectivity index (χ4n) is 7.63. The van der Waals surface area contributed by atoms with E-state index in [4.69, 9.17) is 4.42 Å². The second kappa shape index (κ2) is 9.81. The van der Waals surface area contributed by atoms with Gasteiger partial charge in [0.1, 0.15) is 11.2 Å². The normalized spacial score (nSPS) is 12.7. The van der Waals surface area contributed by atoms with Crippen LogP contribution in [-0.2, 0) is 10.8 Å². The highest BCUT2D eigenvalue weighted by molar-refractivity contribution is 6.22. The van der Waals surface area contributed by atoms with E-state index in [0.29, 0.717) is 0 Å². The molecule has 0 amide bonds. The summed E-state index contributed by atoms with van der Waals surface area (Å²) < 4.78 is 6.59. The van der Waals surface area contributed by atoms with Crippen LogP contribution in [0.2, 0.25) is 0 Å². The van der Waals surface area contributed by atoms with Gasteiger partial charge < -0.3 is 4.42 Å². The standard InChI is InChI=1S/C44H38O/c1-43(2,3)40-32-18-9-10-19-33(32)41(44(4,5)6)37-25-28(22-23-34(37)40)27-15-13-16-29(24-27)36-26-30-14-7-8-17-31(30)39-35-20-11-12-21-38(35)45-42(36)39/h7-26H,1-6H3. The number of benzene rings is 7. The van der Waals surface area contributed by atoms with Gasteiger partial charge in [-0.15, -0.1) is 0 Å². The zero-order valence-corrected chi connectivity index (χ0v) is 27.0. The summed E-state index contributed by atoms with van der Waals surface area (Å²) in [6.45, 7) is 14.0. The molecule has 0 atom stereocenters. The molecule has 0 radical (unpaired) electrons. The Morgan fingerprint density at radius 3 is 1.69 bits per heavy atom. The maximum atomic E-state index is 6.59. The highest BCUT2D eigenvalue weighted by atomic mass is 16.3. The van der Waals surface area contributed by atoms with Crippen LogP contribution in [0.3, 0.4) is 0 Å². The van der Waals surface area contributed by atoms with Gasteiger partial charge in [0.25, 0.3) is 0 Å². The number of para-hydroxylation sites is 1. The van der Waals surface area contributed by atoms with Gasteiger partial charge in [0, 0.05) is 16.3 Å². The Bertz CT molecular complexity index is 2440. The summed E-state index contributed by atoms with van der Waals surface area (Å²) in [7, 11) is 0. The number of fused-ring (bicyclic) bond motifs is 7. The molecule has 0 fully saturated rings. The van der Waals surface area contributed by atoms with Gasteiger partial charge in [0.15, 0.2) is 0 Å². The summed E-state index contributed by atoms with van der Waals surface area (Å²) in [4.78, 5) is 0. The van der Waals surface area contributed by atoms with E-state index in [1.165, 1.54) is 60.0 Å². The van der Waals surface area contributed by atoms with E-state index >= 15 is 0 Å². The van der Waals surface area contributed by atoms with Crippen LogP contribution < -0.4 is 0 Å². The van der Waals surface area contributed by atoms with E-state index in [-0.39, 0.29) is 10.8 Å². The molecule has 0 saturated heterocycles. The molecule has 7 aromatic carbocycles. The smallest absolute Gasteiger partial charge is 0.143 e. The largest absolute Gasteiger partial charge is 0.455 e. The Morgan fingerprint density at radius 1 is 0.422 bits per heavy atom. The molecule has 8 aromatic rings. The van der Waals surface area contributed by atoms with Crippen LogP contribution in [0.5, 0.6) is 0 Å². The maximum absolute atomic E-state index is 6.59. The third-order valence-corrected chi connectivity index (χ3v) is 9.40. The predicted octanol–water partition coefficient (Wildman–Crippen LogP) is 13.0. The maximum Gasteiger partial charge on any atom is 0.143 e. The van der Waals surface area contributed by atoms with Crippen molar-refractivity contribution in [3.8, 4) is 22.3 Å². The van der Waals surface area contributed by atoms with Crippen molar-refractivity contribution < 1.29 is 4.42 Å². The lowest BCUT2D eigenvalue weighted by Crippen LogP contribution is -2.17. The Morgan fingerprint density at radius 2 is 0.978 bits per heavy atom. The topological polar surface area (TPSA) is 13.1 Å². The fraction of sp³-hybridized carbons (Fsp3) is 0.182. The second-order valence-corrected chi connectivity index (χ2v) is 14.6. The molecule has 0 N–H and O–H groups in total. The van der Waals surface area contributed by atoms with E-state index in [0.717, 1.165) is 27.7 Å². The molecular weight excluding hydrogens is 544 g/mol. The van der Waals surface area contributed by atoms with Crippen molar-refractivity contribution in [1.82, 2.24) is 0 Å². The van der Waals surface area contributed by atoms with Crippen molar-refractivity contribution in [2.75, 3.05) is 0 Å². The summed E-state index contributed by atoms with van der Waals surface area (Å²) in [5.41, 5.74) is 9.41. The molecule has 0 aliphatic heterocycles. The van der Waals surface area contributed by atoms with E-state index in [1.54, 1.807) is 0 Å². The quantitative estimate of drug-likeness (QED) is 0.185. The van der Waals surface area contributed by atoms with Crippen molar-refractivity contribution in [3.05, 3.63) is 132 Å². The Balaban J connectivity index is 1.39. The van der Waals surface area contributed by atoms with Crippen molar-refractivity contribution in [2.45, 2.75) is 52.4 Å². The molecule has 1 heteroatoms. The molecule has 0 unspecified atom stereocenters. The number of rotatable bonds is 2. The first-order valence-electron chi connectivity index (χ1n) is 16.0. The van der Waals surface area contributed by atoms with E-state index in [1.807, 2.05) is 6.07 Å². The molecule has 220 valence electrons. The molecular formula is C44H38O. The average molecular weight is 583 g/mol. The summed E-state index contributed by atoms with van der Waals surface area (Å²) in [5.74, 6) is 0. The van der Waals surface area contributed by atoms with E-state index in [2.05, 4.69) is 157 Å². The summed E-state index contributed by atoms with van der Waals surface area (Å²) in [5, 5.41) is 10.2. The Labute approximate surface area is 265 Å². The fourth-order valence-corrected chi connectivity index (χ4v) is 7.63. The highest BCUT2D eigenvalue weighted by Gasteiger charge is 2.27. The first-order valence-corrected chi connectivity index (χ1v) is 16.0. The van der Waals surface area contributed by atoms with Crippen LogP contribution in [0.1, 0.15) is 52.7 Å². The zero-order valence-electron chi connectivity index (χ0n) is 27.0. The Kier molecular flexibility index (Phi) is 6.03. The monoisotopic (exact) mass is 582 g/mol. The lowest BCUT2D eigenvalue weighted by molar-refractivity contribution is 0.593. The average Bonchev–Trinajstić information content (AvgIpc) is 3.42. The molecule has 0 spiro atoms. The summed E-state index contributed by atoms with van der Waals surface area (Å²) in [6.07, 6.45) is 0. The highest BCUT2D eigenvalue weighted by Crippen LogP contribution is 2.45. The SMILES string of the molecule is CC(C)(C)c1c2ccccc2c(C(C)(C)C)c2cc(-c3cccc(-c4cc5ccccc5c5c4oc4ccccc45)c3)ccc12. The van der Waals surface area contributed by atoms with Crippen LogP contribution in [-0.4, -0.2) is 0 Å². The van der Waals surface area contributed by atoms with E-state index < -0.39 is 0 Å². The second-order valence-electron chi connectivity index (χ2n) is 14.6. The van der Waals surface area contributed by atoms with Gasteiger partial charge in [-0.25, -0.2) is 0 Å². The third kappa shape index (κ3) is 4.37. The first-order chi connectivity index (χ1) is 21.6. The molecule has 1 nitrogen and oxygen atoms in total. The van der Waals surface area contributed by atoms with Crippen LogP contribution in [0.15, 0.2) is 126 Å². The molecule has 0 aliphatic carbocycles.